The highest BCUT2D eigenvalue weighted by molar-refractivity contribution is 9.10. The van der Waals surface area contributed by atoms with Crippen molar-refractivity contribution in [3.05, 3.63) is 20.8 Å². The van der Waals surface area contributed by atoms with Gasteiger partial charge in [-0.1, -0.05) is 6.42 Å². The van der Waals surface area contributed by atoms with E-state index in [0.717, 1.165) is 36.8 Å². The normalized spacial score (nSPS) is 24.1. The van der Waals surface area contributed by atoms with Crippen LogP contribution in [-0.4, -0.2) is 17.6 Å². The first kappa shape index (κ1) is 13.1. The summed E-state index contributed by atoms with van der Waals surface area (Å²) in [6.45, 7) is 1.64. The molecule has 2 atom stereocenters. The lowest BCUT2D eigenvalue weighted by Crippen LogP contribution is -2.28. The van der Waals surface area contributed by atoms with Crippen molar-refractivity contribution in [2.75, 3.05) is 6.54 Å². The minimum atomic E-state index is -0.631. The second kappa shape index (κ2) is 5.98. The molecule has 1 aliphatic carbocycles. The molecule has 2 unspecified atom stereocenters. The smallest absolute Gasteiger partial charge is 0.306 e. The summed E-state index contributed by atoms with van der Waals surface area (Å²) in [6.07, 6.45) is 2.93. The van der Waals surface area contributed by atoms with E-state index >= 15 is 0 Å². The van der Waals surface area contributed by atoms with Crippen molar-refractivity contribution in [2.45, 2.75) is 25.8 Å². The summed E-state index contributed by atoms with van der Waals surface area (Å²) in [7, 11) is 0. The Labute approximate surface area is 113 Å². The molecule has 2 N–H and O–H groups in total. The number of nitrogens with one attached hydrogen (secondary N) is 1. The van der Waals surface area contributed by atoms with E-state index in [-0.39, 0.29) is 5.92 Å². The number of carboxylic acid groups (broad SMARTS) is 1. The quantitative estimate of drug-likeness (QED) is 0.877. The maximum Gasteiger partial charge on any atom is 0.306 e. The Kier molecular flexibility index (Phi) is 4.59. The second-order valence-corrected chi connectivity index (χ2v) is 6.41. The van der Waals surface area contributed by atoms with Crippen LogP contribution in [0.5, 0.6) is 0 Å². The van der Waals surface area contributed by atoms with Gasteiger partial charge in [0, 0.05) is 21.3 Å². The van der Waals surface area contributed by atoms with Crippen molar-refractivity contribution < 1.29 is 9.90 Å². The zero-order valence-corrected chi connectivity index (χ0v) is 11.9. The third kappa shape index (κ3) is 3.53. The van der Waals surface area contributed by atoms with Gasteiger partial charge in [-0.05, 0) is 47.3 Å². The fourth-order valence-electron chi connectivity index (χ4n) is 2.43. The van der Waals surface area contributed by atoms with Crippen LogP contribution in [0.2, 0.25) is 0 Å². The van der Waals surface area contributed by atoms with Crippen LogP contribution in [0.15, 0.2) is 15.9 Å². The van der Waals surface area contributed by atoms with Crippen LogP contribution >= 0.6 is 27.3 Å². The molecule has 3 nitrogen and oxygen atoms in total. The van der Waals surface area contributed by atoms with E-state index in [9.17, 15) is 4.79 Å². The van der Waals surface area contributed by atoms with E-state index in [2.05, 4.69) is 32.7 Å². The molecule has 0 spiro atoms. The number of hydrogen-bond donors (Lipinski definition) is 2. The lowest BCUT2D eigenvalue weighted by atomic mass is 9.96. The first-order chi connectivity index (χ1) is 8.16. The molecule has 1 fully saturated rings. The first-order valence-electron chi connectivity index (χ1n) is 5.83. The third-order valence-electron chi connectivity index (χ3n) is 3.30. The average Bonchev–Trinajstić information content (AvgIpc) is 2.87. The van der Waals surface area contributed by atoms with E-state index in [4.69, 9.17) is 5.11 Å². The molecule has 1 heterocycles. The van der Waals surface area contributed by atoms with Crippen LogP contribution in [-0.2, 0) is 11.3 Å². The largest absolute Gasteiger partial charge is 0.481 e. The van der Waals surface area contributed by atoms with Gasteiger partial charge in [-0.2, -0.15) is 0 Å². The van der Waals surface area contributed by atoms with Crippen LogP contribution < -0.4 is 5.32 Å². The highest BCUT2D eigenvalue weighted by atomic mass is 79.9. The molecule has 0 aromatic carbocycles. The van der Waals surface area contributed by atoms with E-state index < -0.39 is 5.97 Å². The minimum Gasteiger partial charge on any atom is -0.481 e. The van der Waals surface area contributed by atoms with Crippen molar-refractivity contribution in [3.63, 3.8) is 0 Å². The zero-order valence-electron chi connectivity index (χ0n) is 9.49. The molecule has 0 amide bonds. The van der Waals surface area contributed by atoms with Crippen molar-refractivity contribution in [1.29, 1.82) is 0 Å². The topological polar surface area (TPSA) is 49.3 Å². The highest BCUT2D eigenvalue weighted by Crippen LogP contribution is 2.31. The molecule has 1 aliphatic rings. The van der Waals surface area contributed by atoms with Crippen LogP contribution in [0.4, 0.5) is 0 Å². The fraction of sp³-hybridized carbons (Fsp3) is 0.583. The summed E-state index contributed by atoms with van der Waals surface area (Å²) in [4.78, 5) is 12.3. The molecular formula is C12H16BrNO2S. The standard InChI is InChI=1S/C12H16BrNO2S/c13-9-4-10(17-7-9)6-14-5-8-2-1-3-11(8)12(15)16/h4,7-8,11,14H,1-3,5-6H2,(H,15,16). The van der Waals surface area contributed by atoms with Gasteiger partial charge in [-0.3, -0.25) is 4.79 Å². The Bertz CT molecular complexity index is 394. The van der Waals surface area contributed by atoms with Crippen molar-refractivity contribution in [2.24, 2.45) is 11.8 Å². The molecule has 0 radical (unpaired) electrons. The van der Waals surface area contributed by atoms with Crippen molar-refractivity contribution >= 4 is 33.2 Å². The summed E-state index contributed by atoms with van der Waals surface area (Å²) in [5.74, 6) is -0.471. The molecule has 0 bridgehead atoms. The van der Waals surface area contributed by atoms with Gasteiger partial charge >= 0.3 is 5.97 Å². The van der Waals surface area contributed by atoms with E-state index in [0.29, 0.717) is 5.92 Å². The molecule has 94 valence electrons. The van der Waals surface area contributed by atoms with Gasteiger partial charge in [0.15, 0.2) is 0 Å². The average molecular weight is 318 g/mol. The number of aliphatic carboxylic acids is 1. The maximum atomic E-state index is 11.0. The monoisotopic (exact) mass is 317 g/mol. The number of halogens is 1. The van der Waals surface area contributed by atoms with Gasteiger partial charge in [0.2, 0.25) is 0 Å². The SMILES string of the molecule is O=C(O)C1CCCC1CNCc1cc(Br)cs1. The Morgan fingerprint density at radius 2 is 2.41 bits per heavy atom. The molecule has 17 heavy (non-hydrogen) atoms. The number of thiophene rings is 1. The molecule has 2 rings (SSSR count). The Hall–Kier alpha value is -0.390. The van der Waals surface area contributed by atoms with E-state index in [1.807, 2.05) is 0 Å². The number of carboxylic acids is 1. The predicted octanol–water partition coefficient (Wildman–Crippen LogP) is 3.10. The van der Waals surface area contributed by atoms with Gasteiger partial charge in [0.05, 0.1) is 5.92 Å². The summed E-state index contributed by atoms with van der Waals surface area (Å²) < 4.78 is 1.11. The van der Waals surface area contributed by atoms with Crippen molar-refractivity contribution in [1.82, 2.24) is 5.32 Å². The van der Waals surface area contributed by atoms with Crippen LogP contribution in [0, 0.1) is 11.8 Å². The number of carbonyl (C=O) groups is 1. The predicted molar refractivity (Wildman–Crippen MR) is 72.2 cm³/mol. The lowest BCUT2D eigenvalue weighted by Gasteiger charge is -2.15. The maximum absolute atomic E-state index is 11.0. The summed E-state index contributed by atoms with van der Waals surface area (Å²) in [6, 6.07) is 2.10. The molecule has 1 aromatic heterocycles. The van der Waals surface area contributed by atoms with Gasteiger partial charge in [-0.25, -0.2) is 0 Å². The molecule has 1 aromatic rings. The summed E-state index contributed by atoms with van der Waals surface area (Å²) in [5.41, 5.74) is 0. The Balaban J connectivity index is 1.76. The number of rotatable bonds is 5. The molecule has 0 saturated heterocycles. The van der Waals surface area contributed by atoms with Crippen LogP contribution in [0.1, 0.15) is 24.1 Å². The van der Waals surface area contributed by atoms with Crippen molar-refractivity contribution in [3.8, 4) is 0 Å². The zero-order chi connectivity index (χ0) is 12.3. The Morgan fingerprint density at radius 1 is 1.59 bits per heavy atom. The highest BCUT2D eigenvalue weighted by Gasteiger charge is 2.32. The lowest BCUT2D eigenvalue weighted by molar-refractivity contribution is -0.142. The fourth-order valence-corrected chi connectivity index (χ4v) is 3.85. The van der Waals surface area contributed by atoms with Crippen LogP contribution in [0.3, 0.4) is 0 Å². The van der Waals surface area contributed by atoms with Gasteiger partial charge in [0.25, 0.3) is 0 Å². The second-order valence-electron chi connectivity index (χ2n) is 4.50. The van der Waals surface area contributed by atoms with Gasteiger partial charge < -0.3 is 10.4 Å². The molecule has 5 heteroatoms. The van der Waals surface area contributed by atoms with Gasteiger partial charge in [0.1, 0.15) is 0 Å². The Morgan fingerprint density at radius 3 is 3.06 bits per heavy atom. The molecule has 1 saturated carbocycles. The molecule has 0 aliphatic heterocycles. The van der Waals surface area contributed by atoms with Gasteiger partial charge in [-0.15, -0.1) is 11.3 Å². The van der Waals surface area contributed by atoms with Crippen LogP contribution in [0.25, 0.3) is 0 Å². The van der Waals surface area contributed by atoms with E-state index in [1.165, 1.54) is 4.88 Å². The minimum absolute atomic E-state index is 0.141. The number of hydrogen-bond acceptors (Lipinski definition) is 3. The summed E-state index contributed by atoms with van der Waals surface area (Å²) in [5, 5.41) is 14.5. The van der Waals surface area contributed by atoms with E-state index in [1.54, 1.807) is 11.3 Å². The summed E-state index contributed by atoms with van der Waals surface area (Å²) >= 11 is 5.14. The molecular weight excluding hydrogens is 302 g/mol. The first-order valence-corrected chi connectivity index (χ1v) is 7.50. The third-order valence-corrected chi connectivity index (χ3v) is 5.00.